The van der Waals surface area contributed by atoms with Crippen LogP contribution in [0.5, 0.6) is 0 Å². The number of likely N-dealkylation sites (tertiary alicyclic amines) is 1. The van der Waals surface area contributed by atoms with Crippen LogP contribution >= 0.6 is 0 Å². The number of ether oxygens (including phenoxy) is 1. The van der Waals surface area contributed by atoms with Crippen molar-refractivity contribution in [2.24, 2.45) is 0 Å². The van der Waals surface area contributed by atoms with Crippen LogP contribution in [0.15, 0.2) is 29.0 Å². The van der Waals surface area contributed by atoms with Gasteiger partial charge in [0.15, 0.2) is 17.2 Å². The highest BCUT2D eigenvalue weighted by molar-refractivity contribution is 5.69. The van der Waals surface area contributed by atoms with Crippen LogP contribution in [0.1, 0.15) is 45.7 Å². The molecule has 4 heterocycles. The number of amides is 1. The predicted molar refractivity (Wildman–Crippen MR) is 107 cm³/mol. The fourth-order valence-corrected chi connectivity index (χ4v) is 3.60. The molecule has 2 N–H and O–H groups in total. The van der Waals surface area contributed by atoms with Crippen molar-refractivity contribution in [1.82, 2.24) is 24.5 Å². The van der Waals surface area contributed by atoms with Crippen molar-refractivity contribution in [3.63, 3.8) is 0 Å². The maximum absolute atomic E-state index is 12.5. The van der Waals surface area contributed by atoms with Gasteiger partial charge in [0.1, 0.15) is 5.60 Å². The first-order chi connectivity index (χ1) is 13.8. The number of fused-ring (bicyclic) bond motifs is 1. The molecule has 29 heavy (non-hydrogen) atoms. The third-order valence-electron chi connectivity index (χ3n) is 4.88. The van der Waals surface area contributed by atoms with E-state index in [0.717, 1.165) is 31.5 Å². The van der Waals surface area contributed by atoms with Crippen molar-refractivity contribution in [3.05, 3.63) is 30.3 Å². The van der Waals surface area contributed by atoms with E-state index in [2.05, 4.69) is 15.1 Å². The normalized spacial score (nSPS) is 17.2. The lowest BCUT2D eigenvalue weighted by atomic mass is 10.1. The summed E-state index contributed by atoms with van der Waals surface area (Å²) in [5.74, 6) is 1.37. The van der Waals surface area contributed by atoms with Crippen molar-refractivity contribution >= 4 is 17.6 Å². The Labute approximate surface area is 168 Å². The van der Waals surface area contributed by atoms with E-state index < -0.39 is 5.60 Å². The minimum Gasteiger partial charge on any atom is -0.461 e. The van der Waals surface area contributed by atoms with Gasteiger partial charge >= 0.3 is 6.09 Å². The number of rotatable bonds is 4. The van der Waals surface area contributed by atoms with E-state index in [0.29, 0.717) is 29.5 Å². The number of carbonyl (C=O) groups is 1. The number of anilines is 1. The summed E-state index contributed by atoms with van der Waals surface area (Å²) >= 11 is 0. The number of furan rings is 1. The Hall–Kier alpha value is -3.10. The molecule has 1 aliphatic rings. The highest BCUT2D eigenvalue weighted by Gasteiger charge is 2.32. The number of nitrogens with two attached hydrogens (primary N) is 1. The first kappa shape index (κ1) is 19.2. The van der Waals surface area contributed by atoms with E-state index >= 15 is 0 Å². The minimum absolute atomic E-state index is 0.137. The standard InChI is InChI=1S/C20H26N6O3/c1-20(2,3)29-19(27)25-10-4-6-14(25)9-8-13-12-26-18(16(21)22-13)23-17(24-26)15-7-5-11-28-15/h5,7,11-12,14H,4,6,8-10H2,1-3H3,(H2,21,22). The van der Waals surface area contributed by atoms with Crippen molar-refractivity contribution in [1.29, 1.82) is 0 Å². The van der Waals surface area contributed by atoms with Crippen LogP contribution < -0.4 is 5.73 Å². The number of aromatic nitrogens is 4. The molecule has 9 heteroatoms. The SMILES string of the molecule is CC(C)(C)OC(=O)N1CCCC1CCc1cn2nc(-c3ccco3)nc2c(N)n1. The Balaban J connectivity index is 1.47. The van der Waals surface area contributed by atoms with Crippen LogP contribution in [0.4, 0.5) is 10.6 Å². The van der Waals surface area contributed by atoms with Crippen molar-refractivity contribution in [3.8, 4) is 11.6 Å². The minimum atomic E-state index is -0.496. The molecular formula is C20H26N6O3. The van der Waals surface area contributed by atoms with Gasteiger partial charge in [-0.3, -0.25) is 0 Å². The first-order valence-corrected chi connectivity index (χ1v) is 9.85. The third kappa shape index (κ3) is 4.18. The number of aryl methyl sites for hydroxylation is 1. The summed E-state index contributed by atoms with van der Waals surface area (Å²) in [4.78, 5) is 23.2. The highest BCUT2D eigenvalue weighted by Crippen LogP contribution is 2.25. The van der Waals surface area contributed by atoms with Crippen LogP contribution in [0.3, 0.4) is 0 Å². The van der Waals surface area contributed by atoms with Gasteiger partial charge in [0, 0.05) is 12.6 Å². The molecule has 0 aliphatic carbocycles. The first-order valence-electron chi connectivity index (χ1n) is 9.85. The van der Waals surface area contributed by atoms with Crippen molar-refractivity contribution in [2.45, 2.75) is 58.1 Å². The van der Waals surface area contributed by atoms with Crippen LogP contribution in [0.25, 0.3) is 17.2 Å². The zero-order chi connectivity index (χ0) is 20.6. The van der Waals surface area contributed by atoms with Gasteiger partial charge in [0.25, 0.3) is 0 Å². The zero-order valence-corrected chi connectivity index (χ0v) is 17.0. The van der Waals surface area contributed by atoms with Gasteiger partial charge in [-0.25, -0.2) is 19.3 Å². The van der Waals surface area contributed by atoms with Gasteiger partial charge in [0.2, 0.25) is 5.82 Å². The number of hydrogen-bond acceptors (Lipinski definition) is 7. The van der Waals surface area contributed by atoms with Crippen LogP contribution in [-0.2, 0) is 11.2 Å². The van der Waals surface area contributed by atoms with E-state index in [1.807, 2.05) is 31.9 Å². The lowest BCUT2D eigenvalue weighted by Crippen LogP contribution is -2.40. The van der Waals surface area contributed by atoms with E-state index in [-0.39, 0.29) is 12.1 Å². The maximum atomic E-state index is 12.5. The second kappa shape index (κ2) is 7.38. The molecule has 9 nitrogen and oxygen atoms in total. The molecule has 1 aliphatic heterocycles. The molecule has 0 aromatic carbocycles. The number of hydrogen-bond donors (Lipinski definition) is 1. The molecule has 3 aromatic heterocycles. The molecule has 154 valence electrons. The molecule has 4 rings (SSSR count). The summed E-state index contributed by atoms with van der Waals surface area (Å²) in [6, 6.07) is 3.72. The van der Waals surface area contributed by atoms with Gasteiger partial charge in [0.05, 0.1) is 18.2 Å². The van der Waals surface area contributed by atoms with Gasteiger partial charge in [-0.2, -0.15) is 0 Å². The Morgan fingerprint density at radius 2 is 2.21 bits per heavy atom. The Morgan fingerprint density at radius 1 is 1.38 bits per heavy atom. The summed E-state index contributed by atoms with van der Waals surface area (Å²) in [6.45, 7) is 6.37. The molecular weight excluding hydrogens is 372 g/mol. The lowest BCUT2D eigenvalue weighted by molar-refractivity contribution is 0.0220. The molecule has 0 spiro atoms. The number of nitrogen functional groups attached to an aromatic ring is 1. The summed E-state index contributed by atoms with van der Waals surface area (Å²) in [5.41, 5.74) is 6.91. The Morgan fingerprint density at radius 3 is 2.93 bits per heavy atom. The fourth-order valence-electron chi connectivity index (χ4n) is 3.60. The average Bonchev–Trinajstić information content (AvgIpc) is 3.37. The van der Waals surface area contributed by atoms with Gasteiger partial charge in [-0.1, -0.05) is 0 Å². The lowest BCUT2D eigenvalue weighted by Gasteiger charge is -2.28. The Bertz CT molecular complexity index is 1010. The fraction of sp³-hybridized carbons (Fsp3) is 0.500. The van der Waals surface area contributed by atoms with E-state index in [1.165, 1.54) is 0 Å². The molecule has 1 atom stereocenters. The molecule has 0 bridgehead atoms. The molecule has 0 radical (unpaired) electrons. The number of carbonyl (C=O) groups excluding carboxylic acids is 1. The second-order valence-corrected chi connectivity index (χ2v) is 8.31. The summed E-state index contributed by atoms with van der Waals surface area (Å²) in [7, 11) is 0. The van der Waals surface area contributed by atoms with E-state index in [1.54, 1.807) is 22.9 Å². The van der Waals surface area contributed by atoms with Crippen LogP contribution in [0, 0.1) is 0 Å². The van der Waals surface area contributed by atoms with Crippen LogP contribution in [-0.4, -0.2) is 48.8 Å². The molecule has 0 saturated carbocycles. The summed E-state index contributed by atoms with van der Waals surface area (Å²) < 4.78 is 12.5. The largest absolute Gasteiger partial charge is 0.461 e. The third-order valence-corrected chi connectivity index (χ3v) is 4.88. The van der Waals surface area contributed by atoms with Gasteiger partial charge < -0.3 is 19.8 Å². The number of nitrogens with zero attached hydrogens (tertiary/aromatic N) is 5. The molecule has 3 aromatic rings. The monoisotopic (exact) mass is 398 g/mol. The quantitative estimate of drug-likeness (QED) is 0.717. The van der Waals surface area contributed by atoms with Gasteiger partial charge in [-0.05, 0) is 58.6 Å². The second-order valence-electron chi connectivity index (χ2n) is 8.31. The molecule has 1 unspecified atom stereocenters. The summed E-state index contributed by atoms with van der Waals surface area (Å²) in [6.07, 6.45) is 6.57. The van der Waals surface area contributed by atoms with E-state index in [4.69, 9.17) is 14.9 Å². The highest BCUT2D eigenvalue weighted by atomic mass is 16.6. The molecule has 1 amide bonds. The van der Waals surface area contributed by atoms with Crippen molar-refractivity contribution in [2.75, 3.05) is 12.3 Å². The van der Waals surface area contributed by atoms with Gasteiger partial charge in [-0.15, -0.1) is 5.10 Å². The Kier molecular flexibility index (Phi) is 4.89. The smallest absolute Gasteiger partial charge is 0.410 e. The van der Waals surface area contributed by atoms with E-state index in [9.17, 15) is 4.79 Å². The van der Waals surface area contributed by atoms with Crippen molar-refractivity contribution < 1.29 is 13.9 Å². The summed E-state index contributed by atoms with van der Waals surface area (Å²) in [5, 5.41) is 4.45. The molecule has 1 saturated heterocycles. The topological polar surface area (TPSA) is 112 Å². The predicted octanol–water partition coefficient (Wildman–Crippen LogP) is 3.30. The maximum Gasteiger partial charge on any atom is 0.410 e. The average molecular weight is 398 g/mol. The molecule has 1 fully saturated rings. The van der Waals surface area contributed by atoms with Crippen LogP contribution in [0.2, 0.25) is 0 Å². The zero-order valence-electron chi connectivity index (χ0n) is 17.0.